The number of hydrogen-bond acceptors (Lipinski definition) is 3. The van der Waals surface area contributed by atoms with E-state index in [0.29, 0.717) is 11.1 Å². The molecule has 0 bridgehead atoms. The lowest BCUT2D eigenvalue weighted by atomic mass is 9.97. The second-order valence-corrected chi connectivity index (χ2v) is 4.83. The van der Waals surface area contributed by atoms with Crippen LogP contribution >= 0.6 is 0 Å². The molecule has 4 nitrogen and oxygen atoms in total. The quantitative estimate of drug-likeness (QED) is 0.693. The standard InChI is InChI=1S/C15H14F2N2O2/c1-9-2-7-12(16)14(15(9)17)13(18)8-10-3-5-11(6-4-10)19(20)21/h2-7,13H,8,18H2,1H3. The summed E-state index contributed by atoms with van der Waals surface area (Å²) in [6.45, 7) is 1.54. The van der Waals surface area contributed by atoms with Crippen molar-refractivity contribution in [2.24, 2.45) is 5.73 Å². The molecule has 0 aliphatic rings. The number of nitro groups is 1. The van der Waals surface area contributed by atoms with Crippen molar-refractivity contribution in [3.05, 3.63) is 74.8 Å². The first-order valence-electron chi connectivity index (χ1n) is 6.33. The van der Waals surface area contributed by atoms with Gasteiger partial charge in [-0.15, -0.1) is 0 Å². The normalized spacial score (nSPS) is 12.2. The van der Waals surface area contributed by atoms with Crippen molar-refractivity contribution in [3.63, 3.8) is 0 Å². The van der Waals surface area contributed by atoms with Crippen LogP contribution < -0.4 is 5.73 Å². The largest absolute Gasteiger partial charge is 0.323 e. The molecule has 0 aromatic heterocycles. The van der Waals surface area contributed by atoms with Crippen LogP contribution in [0, 0.1) is 28.7 Å². The van der Waals surface area contributed by atoms with Crippen LogP contribution in [-0.2, 0) is 6.42 Å². The Kier molecular flexibility index (Phi) is 4.28. The maximum absolute atomic E-state index is 14.0. The maximum Gasteiger partial charge on any atom is 0.269 e. The van der Waals surface area contributed by atoms with Crippen LogP contribution in [0.3, 0.4) is 0 Å². The molecule has 0 heterocycles. The minimum atomic E-state index is -0.855. The molecule has 1 unspecified atom stereocenters. The van der Waals surface area contributed by atoms with Crippen LogP contribution in [0.15, 0.2) is 36.4 Å². The van der Waals surface area contributed by atoms with Gasteiger partial charge < -0.3 is 5.73 Å². The molecule has 110 valence electrons. The van der Waals surface area contributed by atoms with E-state index in [1.807, 2.05) is 0 Å². The summed E-state index contributed by atoms with van der Waals surface area (Å²) in [5.74, 6) is -1.34. The summed E-state index contributed by atoms with van der Waals surface area (Å²) in [6, 6.07) is 7.42. The van der Waals surface area contributed by atoms with Crippen LogP contribution in [0.1, 0.15) is 22.7 Å². The molecule has 1 atom stereocenters. The zero-order valence-electron chi connectivity index (χ0n) is 11.3. The lowest BCUT2D eigenvalue weighted by Gasteiger charge is -2.15. The molecule has 2 aromatic carbocycles. The molecule has 0 saturated heterocycles. The highest BCUT2D eigenvalue weighted by molar-refractivity contribution is 5.35. The van der Waals surface area contributed by atoms with E-state index < -0.39 is 22.6 Å². The second-order valence-electron chi connectivity index (χ2n) is 4.83. The van der Waals surface area contributed by atoms with E-state index >= 15 is 0 Å². The number of non-ortho nitro benzene ring substituents is 1. The fourth-order valence-electron chi connectivity index (χ4n) is 2.13. The topological polar surface area (TPSA) is 69.2 Å². The molecular formula is C15H14F2N2O2. The summed E-state index contributed by atoms with van der Waals surface area (Å²) in [5.41, 5.74) is 6.68. The van der Waals surface area contributed by atoms with Crippen LogP contribution in [0.2, 0.25) is 0 Å². The number of aryl methyl sites for hydroxylation is 1. The van der Waals surface area contributed by atoms with Gasteiger partial charge in [0.05, 0.1) is 4.92 Å². The zero-order chi connectivity index (χ0) is 15.6. The third kappa shape index (κ3) is 3.22. The molecule has 0 aliphatic carbocycles. The molecule has 2 aromatic rings. The Hall–Kier alpha value is -2.34. The Balaban J connectivity index is 2.24. The molecule has 0 spiro atoms. The van der Waals surface area contributed by atoms with Crippen molar-refractivity contribution in [3.8, 4) is 0 Å². The van der Waals surface area contributed by atoms with Gasteiger partial charge in [-0.2, -0.15) is 0 Å². The van der Waals surface area contributed by atoms with Gasteiger partial charge in [0, 0.05) is 23.7 Å². The second kappa shape index (κ2) is 5.97. The van der Waals surface area contributed by atoms with E-state index in [1.54, 1.807) is 0 Å². The Bertz CT molecular complexity index is 672. The summed E-state index contributed by atoms with van der Waals surface area (Å²) in [4.78, 5) is 10.1. The van der Waals surface area contributed by atoms with Crippen molar-refractivity contribution in [1.29, 1.82) is 0 Å². The van der Waals surface area contributed by atoms with Crippen molar-refractivity contribution >= 4 is 5.69 Å². The Morgan fingerprint density at radius 1 is 1.19 bits per heavy atom. The predicted molar refractivity (Wildman–Crippen MR) is 74.8 cm³/mol. The Morgan fingerprint density at radius 2 is 1.81 bits per heavy atom. The first-order valence-corrected chi connectivity index (χ1v) is 6.33. The molecule has 6 heteroatoms. The highest BCUT2D eigenvalue weighted by Gasteiger charge is 2.19. The molecular weight excluding hydrogens is 278 g/mol. The molecule has 0 fully saturated rings. The van der Waals surface area contributed by atoms with Gasteiger partial charge in [-0.1, -0.05) is 18.2 Å². The van der Waals surface area contributed by atoms with Crippen molar-refractivity contribution in [1.82, 2.24) is 0 Å². The Labute approximate surface area is 120 Å². The van der Waals surface area contributed by atoms with E-state index in [1.165, 1.54) is 43.3 Å². The summed E-state index contributed by atoms with van der Waals surface area (Å²) in [7, 11) is 0. The van der Waals surface area contributed by atoms with Crippen LogP contribution in [-0.4, -0.2) is 4.92 Å². The van der Waals surface area contributed by atoms with Gasteiger partial charge in [-0.05, 0) is 30.5 Å². The van der Waals surface area contributed by atoms with Crippen molar-refractivity contribution in [2.45, 2.75) is 19.4 Å². The molecule has 0 amide bonds. The third-order valence-corrected chi connectivity index (χ3v) is 3.29. The van der Waals surface area contributed by atoms with E-state index in [-0.39, 0.29) is 17.7 Å². The third-order valence-electron chi connectivity index (χ3n) is 3.29. The summed E-state index contributed by atoms with van der Waals surface area (Å²) < 4.78 is 27.7. The molecule has 0 aliphatic heterocycles. The fourth-order valence-corrected chi connectivity index (χ4v) is 2.13. The highest BCUT2D eigenvalue weighted by atomic mass is 19.1. The SMILES string of the molecule is Cc1ccc(F)c(C(N)Cc2ccc([N+](=O)[O-])cc2)c1F. The van der Waals surface area contributed by atoms with Crippen molar-refractivity contribution < 1.29 is 13.7 Å². The van der Waals surface area contributed by atoms with Crippen molar-refractivity contribution in [2.75, 3.05) is 0 Å². The first kappa shape index (κ1) is 15.1. The highest BCUT2D eigenvalue weighted by Crippen LogP contribution is 2.25. The zero-order valence-corrected chi connectivity index (χ0v) is 11.3. The maximum atomic E-state index is 14.0. The summed E-state index contributed by atoms with van der Waals surface area (Å²) >= 11 is 0. The van der Waals surface area contributed by atoms with E-state index in [9.17, 15) is 18.9 Å². The van der Waals surface area contributed by atoms with Crippen LogP contribution in [0.5, 0.6) is 0 Å². The van der Waals surface area contributed by atoms with Gasteiger partial charge in [-0.3, -0.25) is 10.1 Å². The van der Waals surface area contributed by atoms with Gasteiger partial charge in [0.15, 0.2) is 0 Å². The minimum absolute atomic E-state index is 0.0414. The lowest BCUT2D eigenvalue weighted by Crippen LogP contribution is -2.17. The lowest BCUT2D eigenvalue weighted by molar-refractivity contribution is -0.384. The Morgan fingerprint density at radius 3 is 2.38 bits per heavy atom. The minimum Gasteiger partial charge on any atom is -0.323 e. The number of nitro benzene ring substituents is 1. The first-order chi connectivity index (χ1) is 9.90. The van der Waals surface area contributed by atoms with Gasteiger partial charge in [-0.25, -0.2) is 8.78 Å². The number of halogens is 2. The van der Waals surface area contributed by atoms with E-state index in [4.69, 9.17) is 5.73 Å². The average Bonchev–Trinajstić information content (AvgIpc) is 2.44. The smallest absolute Gasteiger partial charge is 0.269 e. The van der Waals surface area contributed by atoms with Gasteiger partial charge in [0.1, 0.15) is 11.6 Å². The van der Waals surface area contributed by atoms with Gasteiger partial charge >= 0.3 is 0 Å². The summed E-state index contributed by atoms with van der Waals surface area (Å²) in [6.07, 6.45) is 0.190. The average molecular weight is 292 g/mol. The van der Waals surface area contributed by atoms with E-state index in [2.05, 4.69) is 0 Å². The molecule has 2 rings (SSSR count). The summed E-state index contributed by atoms with van der Waals surface area (Å²) in [5, 5.41) is 10.6. The number of nitrogens with two attached hydrogens (primary N) is 1. The van der Waals surface area contributed by atoms with Gasteiger partial charge in [0.25, 0.3) is 5.69 Å². The monoisotopic (exact) mass is 292 g/mol. The fraction of sp³-hybridized carbons (Fsp3) is 0.200. The number of hydrogen-bond donors (Lipinski definition) is 1. The number of rotatable bonds is 4. The molecule has 0 saturated carbocycles. The predicted octanol–water partition coefficient (Wildman–Crippen LogP) is 3.42. The van der Waals surface area contributed by atoms with Crippen LogP contribution in [0.25, 0.3) is 0 Å². The molecule has 21 heavy (non-hydrogen) atoms. The molecule has 0 radical (unpaired) electrons. The molecule has 2 N–H and O–H groups in total. The van der Waals surface area contributed by atoms with Gasteiger partial charge in [0.2, 0.25) is 0 Å². The van der Waals surface area contributed by atoms with E-state index in [0.717, 1.165) is 0 Å². The van der Waals surface area contributed by atoms with Crippen LogP contribution in [0.4, 0.5) is 14.5 Å². The number of nitrogens with zero attached hydrogens (tertiary/aromatic N) is 1. The number of benzene rings is 2.